The molecule has 0 saturated heterocycles. The van der Waals surface area contributed by atoms with Gasteiger partial charge in [0.25, 0.3) is 7.49 Å². The number of para-hydroxylation sites is 1. The average Bonchev–Trinajstić information content (AvgIpc) is 2.84. The van der Waals surface area contributed by atoms with Crippen molar-refractivity contribution in [3.8, 4) is 0 Å². The third-order valence-corrected chi connectivity index (χ3v) is 9.00. The molecule has 0 aliphatic carbocycles. The second kappa shape index (κ2) is 9.82. The van der Waals surface area contributed by atoms with Crippen LogP contribution in [0.25, 0.3) is 0 Å². The fourth-order valence-corrected chi connectivity index (χ4v) is 7.26. The number of aryl methyl sites for hydroxylation is 2. The first-order valence-electron chi connectivity index (χ1n) is 10.8. The number of alkyl halides is 3. The minimum atomic E-state index is -4.79. The fraction of sp³-hybridized carbons (Fsp3) is 0.107. The maximum absolute atomic E-state index is 14.5. The maximum Gasteiger partial charge on any atom is 0.473 e. The molecule has 0 unspecified atom stereocenters. The van der Waals surface area contributed by atoms with Crippen LogP contribution < -0.4 is 15.9 Å². The third-order valence-electron chi connectivity index (χ3n) is 5.48. The number of rotatable bonds is 5. The number of halogens is 3. The summed E-state index contributed by atoms with van der Waals surface area (Å²) in [5.74, 6) is -1.25. The van der Waals surface area contributed by atoms with Gasteiger partial charge in [-0.05, 0) is 61.4 Å². The van der Waals surface area contributed by atoms with Crippen molar-refractivity contribution in [1.82, 2.24) is 0 Å². The van der Waals surface area contributed by atoms with E-state index in [1.807, 2.05) is 91.0 Å². The molecule has 0 aliphatic heterocycles. The summed E-state index contributed by atoms with van der Waals surface area (Å²) < 4.78 is 49.7. The lowest BCUT2D eigenvalue weighted by atomic mass is 10.1. The Bertz CT molecular complexity index is 1160. The third kappa shape index (κ3) is 4.76. The molecule has 0 radical (unpaired) electrons. The monoisotopic (exact) mass is 478 g/mol. The van der Waals surface area contributed by atoms with E-state index in [-0.39, 0.29) is 5.69 Å². The summed E-state index contributed by atoms with van der Waals surface area (Å²) in [6.45, 7) is 3.49. The van der Waals surface area contributed by atoms with Crippen LogP contribution in [0.3, 0.4) is 0 Å². The van der Waals surface area contributed by atoms with Gasteiger partial charge in [0.05, 0.1) is 5.69 Å². The maximum atomic E-state index is 14.5. The first-order valence-corrected chi connectivity index (χ1v) is 12.5. The minimum absolute atomic E-state index is 0.266. The van der Waals surface area contributed by atoms with E-state index in [2.05, 4.69) is 4.99 Å². The van der Waals surface area contributed by atoms with Crippen molar-refractivity contribution in [3.63, 3.8) is 0 Å². The lowest BCUT2D eigenvalue weighted by Gasteiger charge is -2.27. The molecule has 0 amide bonds. The molecular formula is C28H24F3NOP+. The van der Waals surface area contributed by atoms with E-state index < -0.39 is 19.6 Å². The first kappa shape index (κ1) is 23.7. The average molecular weight is 478 g/mol. The summed E-state index contributed by atoms with van der Waals surface area (Å²) in [5, 5.41) is 2.02. The Kier molecular flexibility index (Phi) is 6.85. The topological polar surface area (TPSA) is 21.6 Å². The number of aliphatic imine (C=N–C) groups is 1. The molecule has 0 spiro atoms. The van der Waals surface area contributed by atoms with Gasteiger partial charge in [0, 0.05) is 0 Å². The summed E-state index contributed by atoms with van der Waals surface area (Å²) in [4.78, 5) is 4.09. The van der Waals surface area contributed by atoms with E-state index in [4.69, 9.17) is 4.52 Å². The van der Waals surface area contributed by atoms with Crippen LogP contribution in [0.15, 0.2) is 114 Å². The van der Waals surface area contributed by atoms with E-state index in [9.17, 15) is 13.2 Å². The van der Waals surface area contributed by atoms with Crippen molar-refractivity contribution in [3.05, 3.63) is 120 Å². The predicted octanol–water partition coefficient (Wildman–Crippen LogP) is 6.82. The first-order chi connectivity index (χ1) is 16.3. The van der Waals surface area contributed by atoms with Crippen LogP contribution in [0.5, 0.6) is 0 Å². The van der Waals surface area contributed by atoms with Gasteiger partial charge in [0.1, 0.15) is 15.9 Å². The van der Waals surface area contributed by atoms with Gasteiger partial charge in [0.15, 0.2) is 0 Å². The van der Waals surface area contributed by atoms with Gasteiger partial charge in [-0.2, -0.15) is 13.2 Å². The second-order valence-electron chi connectivity index (χ2n) is 7.86. The lowest BCUT2D eigenvalue weighted by Crippen LogP contribution is -2.38. The predicted molar refractivity (Wildman–Crippen MR) is 135 cm³/mol. The molecule has 0 fully saturated rings. The summed E-state index contributed by atoms with van der Waals surface area (Å²) in [5.41, 5.74) is 1.56. The molecule has 0 aromatic heterocycles. The molecule has 4 aromatic rings. The van der Waals surface area contributed by atoms with Gasteiger partial charge in [0.2, 0.25) is 0 Å². The molecule has 0 aliphatic rings. The van der Waals surface area contributed by atoms with Gasteiger partial charge in [-0.3, -0.25) is 0 Å². The largest absolute Gasteiger partial charge is 0.473 e. The quantitative estimate of drug-likeness (QED) is 0.175. The van der Waals surface area contributed by atoms with Crippen molar-refractivity contribution in [2.24, 2.45) is 4.99 Å². The van der Waals surface area contributed by atoms with Crippen LogP contribution in [-0.2, 0) is 4.52 Å². The van der Waals surface area contributed by atoms with Crippen molar-refractivity contribution in [2.75, 3.05) is 0 Å². The Labute approximate surface area is 198 Å². The van der Waals surface area contributed by atoms with E-state index >= 15 is 0 Å². The zero-order valence-corrected chi connectivity index (χ0v) is 19.7. The van der Waals surface area contributed by atoms with E-state index in [0.29, 0.717) is 27.0 Å². The Morgan fingerprint density at radius 2 is 1.00 bits per heavy atom. The Morgan fingerprint density at radius 1 is 0.618 bits per heavy atom. The Balaban J connectivity index is 2.03. The number of hydrogen-bond donors (Lipinski definition) is 0. The van der Waals surface area contributed by atoms with Crippen molar-refractivity contribution in [2.45, 2.75) is 20.0 Å². The van der Waals surface area contributed by atoms with Crippen LogP contribution in [0, 0.1) is 13.8 Å². The molecule has 0 N–H and O–H groups in total. The summed E-state index contributed by atoms with van der Waals surface area (Å²) in [7, 11) is -3.22. The number of nitrogens with zero attached hydrogens (tertiary/aromatic N) is 1. The zero-order valence-electron chi connectivity index (χ0n) is 18.8. The highest BCUT2D eigenvalue weighted by atomic mass is 31.2. The smallest absolute Gasteiger partial charge is 0.309 e. The van der Waals surface area contributed by atoms with Crippen LogP contribution in [0.2, 0.25) is 0 Å². The molecule has 0 heterocycles. The van der Waals surface area contributed by atoms with Crippen LogP contribution in [0.1, 0.15) is 11.1 Å². The van der Waals surface area contributed by atoms with Gasteiger partial charge < -0.3 is 4.52 Å². The highest BCUT2D eigenvalue weighted by Crippen LogP contribution is 2.57. The lowest BCUT2D eigenvalue weighted by molar-refractivity contribution is -0.0703. The SMILES string of the molecule is Cc1cccc(C)c1N=C(O[P+](c1ccccc1)(c1ccccc1)c1ccccc1)C(F)(F)F. The summed E-state index contributed by atoms with van der Waals surface area (Å²) in [6, 6.07) is 32.6. The molecular weight excluding hydrogens is 454 g/mol. The Morgan fingerprint density at radius 3 is 1.35 bits per heavy atom. The van der Waals surface area contributed by atoms with Gasteiger partial charge >= 0.3 is 12.1 Å². The van der Waals surface area contributed by atoms with Crippen molar-refractivity contribution in [1.29, 1.82) is 0 Å². The standard InChI is InChI=1S/C28H24F3NOP/c1-21-13-12-14-22(2)26(21)32-27(28(29,30)31)33-34(23-15-6-3-7-16-23,24-17-8-4-9-18-24)25-19-10-5-11-20-25/h3-20H,1-2H3/q+1. The van der Waals surface area contributed by atoms with Gasteiger partial charge in [-0.1, -0.05) is 72.8 Å². The van der Waals surface area contributed by atoms with E-state index in [0.717, 1.165) is 0 Å². The molecule has 2 nitrogen and oxygen atoms in total. The summed E-state index contributed by atoms with van der Waals surface area (Å²) >= 11 is 0. The van der Waals surface area contributed by atoms with E-state index in [1.165, 1.54) is 0 Å². The van der Waals surface area contributed by atoms with Gasteiger partial charge in [-0.25, -0.2) is 4.99 Å². The highest BCUT2D eigenvalue weighted by molar-refractivity contribution is 7.92. The summed E-state index contributed by atoms with van der Waals surface area (Å²) in [6.07, 6.45) is -4.79. The highest BCUT2D eigenvalue weighted by Gasteiger charge is 2.55. The minimum Gasteiger partial charge on any atom is -0.309 e. The molecule has 0 bridgehead atoms. The van der Waals surface area contributed by atoms with Crippen LogP contribution >= 0.6 is 7.49 Å². The molecule has 4 rings (SSSR count). The molecule has 0 saturated carbocycles. The zero-order chi connectivity index (χ0) is 24.2. The van der Waals surface area contributed by atoms with Crippen molar-refractivity contribution >= 4 is 35.0 Å². The Hall–Kier alpha value is -3.43. The van der Waals surface area contributed by atoms with Crippen LogP contribution in [-0.4, -0.2) is 12.1 Å². The fourth-order valence-electron chi connectivity index (χ4n) is 3.87. The molecule has 0 atom stereocenters. The second-order valence-corrected chi connectivity index (χ2v) is 10.8. The van der Waals surface area contributed by atoms with E-state index in [1.54, 1.807) is 32.0 Å². The molecule has 6 heteroatoms. The molecule has 4 aromatic carbocycles. The molecule has 34 heavy (non-hydrogen) atoms. The molecule has 172 valence electrons. The van der Waals surface area contributed by atoms with Gasteiger partial charge in [-0.15, -0.1) is 0 Å². The number of hydrogen-bond acceptors (Lipinski definition) is 2. The van der Waals surface area contributed by atoms with Crippen molar-refractivity contribution < 1.29 is 17.7 Å². The van der Waals surface area contributed by atoms with Crippen LogP contribution in [0.4, 0.5) is 18.9 Å². The normalized spacial score (nSPS) is 12.4. The number of benzene rings is 4.